The van der Waals surface area contributed by atoms with Gasteiger partial charge in [0.2, 0.25) is 0 Å². The molecule has 0 aliphatic carbocycles. The van der Waals surface area contributed by atoms with Gasteiger partial charge in [-0.25, -0.2) is 0 Å². The number of hydrogen-bond acceptors (Lipinski definition) is 3. The molecule has 2 rings (SSSR count). The van der Waals surface area contributed by atoms with E-state index in [0.29, 0.717) is 13.2 Å². The van der Waals surface area contributed by atoms with Crippen LogP contribution < -0.4 is 0 Å². The van der Waals surface area contributed by atoms with E-state index in [1.165, 1.54) is 0 Å². The van der Waals surface area contributed by atoms with Crippen molar-refractivity contribution in [3.8, 4) is 0 Å². The Morgan fingerprint density at radius 2 is 2.12 bits per heavy atom. The summed E-state index contributed by atoms with van der Waals surface area (Å²) in [6.45, 7) is 3.11. The smallest absolute Gasteiger partial charge is 0.102 e. The number of benzene rings is 1. The first-order valence-corrected chi connectivity index (χ1v) is 5.89. The van der Waals surface area contributed by atoms with Gasteiger partial charge in [0, 0.05) is 5.92 Å². The molecule has 0 aromatic heterocycles. The normalized spacial score (nSPS) is 28.5. The van der Waals surface area contributed by atoms with Gasteiger partial charge in [0.15, 0.2) is 0 Å². The second kappa shape index (κ2) is 5.84. The van der Waals surface area contributed by atoms with E-state index < -0.39 is 6.10 Å². The van der Waals surface area contributed by atoms with Crippen LogP contribution in [0.1, 0.15) is 12.5 Å². The van der Waals surface area contributed by atoms with E-state index in [-0.39, 0.29) is 12.0 Å². The quantitative estimate of drug-likeness (QED) is 0.870. The van der Waals surface area contributed by atoms with E-state index in [1.54, 1.807) is 12.3 Å². The fraction of sp³-hybridized carbons (Fsp3) is 0.429. The third-order valence-electron chi connectivity index (χ3n) is 2.91. The molecule has 3 atom stereocenters. The van der Waals surface area contributed by atoms with Crippen molar-refractivity contribution >= 4 is 0 Å². The number of aliphatic hydroxyl groups is 1. The molecule has 0 bridgehead atoms. The van der Waals surface area contributed by atoms with Crippen molar-refractivity contribution in [2.24, 2.45) is 5.92 Å². The minimum absolute atomic E-state index is 0.170. The lowest BCUT2D eigenvalue weighted by atomic mass is 10.0. The van der Waals surface area contributed by atoms with Crippen LogP contribution >= 0.6 is 0 Å². The Bertz CT molecular complexity index is 361. The zero-order valence-electron chi connectivity index (χ0n) is 9.95. The van der Waals surface area contributed by atoms with Gasteiger partial charge in [0.05, 0.1) is 25.6 Å². The van der Waals surface area contributed by atoms with E-state index in [2.05, 4.69) is 0 Å². The summed E-state index contributed by atoms with van der Waals surface area (Å²) in [6, 6.07) is 9.96. The third kappa shape index (κ3) is 3.32. The molecule has 1 aliphatic heterocycles. The van der Waals surface area contributed by atoms with Crippen LogP contribution in [0.4, 0.5) is 0 Å². The summed E-state index contributed by atoms with van der Waals surface area (Å²) in [6.07, 6.45) is 2.37. The maximum absolute atomic E-state index is 9.91. The highest BCUT2D eigenvalue weighted by molar-refractivity contribution is 5.13. The van der Waals surface area contributed by atoms with Crippen LogP contribution in [0.25, 0.3) is 0 Å². The van der Waals surface area contributed by atoms with Gasteiger partial charge < -0.3 is 14.6 Å². The molecule has 3 unspecified atom stereocenters. The number of aliphatic hydroxyl groups excluding tert-OH is 1. The Kier molecular flexibility index (Phi) is 4.18. The molecular formula is C14H18O3. The van der Waals surface area contributed by atoms with Crippen LogP contribution in [0.5, 0.6) is 0 Å². The van der Waals surface area contributed by atoms with Crippen molar-refractivity contribution < 1.29 is 14.6 Å². The van der Waals surface area contributed by atoms with Crippen molar-refractivity contribution in [2.75, 3.05) is 6.61 Å². The third-order valence-corrected chi connectivity index (χ3v) is 2.91. The molecule has 1 aromatic carbocycles. The standard InChI is InChI=1S/C14H18O3/c1-11-9-16-8-7-13(15)14(11)17-10-12-5-3-2-4-6-12/h2-8,11,13-15H,9-10H2,1H3. The van der Waals surface area contributed by atoms with Crippen molar-refractivity contribution in [3.05, 3.63) is 48.2 Å². The van der Waals surface area contributed by atoms with E-state index in [4.69, 9.17) is 9.47 Å². The largest absolute Gasteiger partial charge is 0.501 e. The lowest BCUT2D eigenvalue weighted by Gasteiger charge is -2.24. The van der Waals surface area contributed by atoms with Gasteiger partial charge in [-0.15, -0.1) is 0 Å². The highest BCUT2D eigenvalue weighted by Gasteiger charge is 2.26. The second-order valence-electron chi connectivity index (χ2n) is 4.39. The zero-order valence-corrected chi connectivity index (χ0v) is 9.95. The van der Waals surface area contributed by atoms with Crippen LogP contribution in [0, 0.1) is 5.92 Å². The first-order chi connectivity index (χ1) is 8.27. The molecule has 1 N–H and O–H groups in total. The van der Waals surface area contributed by atoms with Crippen LogP contribution in [-0.2, 0) is 16.1 Å². The molecule has 0 spiro atoms. The lowest BCUT2D eigenvalue weighted by Crippen LogP contribution is -2.34. The topological polar surface area (TPSA) is 38.7 Å². The lowest BCUT2D eigenvalue weighted by molar-refractivity contribution is -0.0608. The molecule has 0 saturated carbocycles. The molecule has 92 valence electrons. The van der Waals surface area contributed by atoms with Crippen LogP contribution in [-0.4, -0.2) is 23.9 Å². The summed E-state index contributed by atoms with van der Waals surface area (Å²) >= 11 is 0. The molecule has 1 aromatic rings. The molecule has 17 heavy (non-hydrogen) atoms. The predicted molar refractivity (Wildman–Crippen MR) is 65.3 cm³/mol. The average Bonchev–Trinajstić information content (AvgIpc) is 2.50. The predicted octanol–water partition coefficient (Wildman–Crippen LogP) is 2.11. The van der Waals surface area contributed by atoms with Gasteiger partial charge in [0.25, 0.3) is 0 Å². The molecule has 1 aliphatic rings. The fourth-order valence-electron chi connectivity index (χ4n) is 1.91. The van der Waals surface area contributed by atoms with Crippen molar-refractivity contribution in [1.82, 2.24) is 0 Å². The Morgan fingerprint density at radius 3 is 2.88 bits per heavy atom. The van der Waals surface area contributed by atoms with Gasteiger partial charge in [-0.3, -0.25) is 0 Å². The van der Waals surface area contributed by atoms with Crippen molar-refractivity contribution in [3.63, 3.8) is 0 Å². The molecular weight excluding hydrogens is 216 g/mol. The molecule has 0 fully saturated rings. The highest BCUT2D eigenvalue weighted by Crippen LogP contribution is 2.18. The Hall–Kier alpha value is -1.32. The number of ether oxygens (including phenoxy) is 2. The summed E-state index contributed by atoms with van der Waals surface area (Å²) in [4.78, 5) is 0. The maximum atomic E-state index is 9.91. The summed E-state index contributed by atoms with van der Waals surface area (Å²) in [7, 11) is 0. The molecule has 0 radical (unpaired) electrons. The minimum Gasteiger partial charge on any atom is -0.501 e. The van der Waals surface area contributed by atoms with Crippen LogP contribution in [0.2, 0.25) is 0 Å². The SMILES string of the molecule is CC1COC=CC(O)C1OCc1ccccc1. The van der Waals surface area contributed by atoms with Crippen molar-refractivity contribution in [1.29, 1.82) is 0 Å². The van der Waals surface area contributed by atoms with Gasteiger partial charge in [0.1, 0.15) is 6.10 Å². The molecule has 3 nitrogen and oxygen atoms in total. The first kappa shape index (κ1) is 12.1. The summed E-state index contributed by atoms with van der Waals surface area (Å²) in [5.74, 6) is 0.170. The van der Waals surface area contributed by atoms with E-state index in [0.717, 1.165) is 5.56 Å². The first-order valence-electron chi connectivity index (χ1n) is 5.89. The van der Waals surface area contributed by atoms with Gasteiger partial charge in [-0.2, -0.15) is 0 Å². The van der Waals surface area contributed by atoms with E-state index in [9.17, 15) is 5.11 Å². The molecule has 0 saturated heterocycles. The average molecular weight is 234 g/mol. The van der Waals surface area contributed by atoms with Gasteiger partial charge >= 0.3 is 0 Å². The minimum atomic E-state index is -0.601. The zero-order chi connectivity index (χ0) is 12.1. The number of rotatable bonds is 3. The highest BCUT2D eigenvalue weighted by atomic mass is 16.5. The Balaban J connectivity index is 1.94. The van der Waals surface area contributed by atoms with Crippen molar-refractivity contribution in [2.45, 2.75) is 25.7 Å². The maximum Gasteiger partial charge on any atom is 0.102 e. The number of hydrogen-bond donors (Lipinski definition) is 1. The molecule has 3 heteroatoms. The van der Waals surface area contributed by atoms with E-state index in [1.807, 2.05) is 37.3 Å². The summed E-state index contributed by atoms with van der Waals surface area (Å²) < 4.78 is 11.0. The fourth-order valence-corrected chi connectivity index (χ4v) is 1.91. The molecule has 1 heterocycles. The molecule has 0 amide bonds. The van der Waals surface area contributed by atoms with Crippen LogP contribution in [0.3, 0.4) is 0 Å². The monoisotopic (exact) mass is 234 g/mol. The summed E-state index contributed by atoms with van der Waals surface area (Å²) in [5, 5.41) is 9.91. The Morgan fingerprint density at radius 1 is 1.35 bits per heavy atom. The van der Waals surface area contributed by atoms with E-state index >= 15 is 0 Å². The Labute approximate surface area is 102 Å². The second-order valence-corrected chi connectivity index (χ2v) is 4.39. The van der Waals surface area contributed by atoms with Gasteiger partial charge in [-0.1, -0.05) is 37.3 Å². The summed E-state index contributed by atoms with van der Waals surface area (Å²) in [5.41, 5.74) is 1.11. The van der Waals surface area contributed by atoms with Crippen LogP contribution in [0.15, 0.2) is 42.7 Å². The van der Waals surface area contributed by atoms with Gasteiger partial charge in [-0.05, 0) is 11.6 Å².